The van der Waals surface area contributed by atoms with E-state index in [4.69, 9.17) is 20.8 Å². The average Bonchev–Trinajstić information content (AvgIpc) is 2.70. The quantitative estimate of drug-likeness (QED) is 0.349. The van der Waals surface area contributed by atoms with E-state index in [1.807, 2.05) is 0 Å². The smallest absolute Gasteiger partial charge is 0.280 e. The minimum atomic E-state index is -5.92. The van der Waals surface area contributed by atoms with Crippen LogP contribution in [0, 0.1) is 12.3 Å². The molecule has 0 aromatic carbocycles. The molecule has 6 atom stereocenters. The van der Waals surface area contributed by atoms with Gasteiger partial charge in [-0.25, -0.2) is 8.62 Å². The molecule has 1 aliphatic heterocycles. The second kappa shape index (κ2) is 8.52. The molecule has 1 fully saturated rings. The lowest BCUT2D eigenvalue weighted by Crippen LogP contribution is -2.30. The van der Waals surface area contributed by atoms with Crippen LogP contribution < -0.4 is 14.7 Å². The van der Waals surface area contributed by atoms with Crippen LogP contribution in [0.3, 0.4) is 0 Å². The fourth-order valence-electron chi connectivity index (χ4n) is 1.85. The number of rotatable bonds is 9. The van der Waals surface area contributed by atoms with Crippen molar-refractivity contribution < 1.29 is 55.9 Å². The highest BCUT2D eigenvalue weighted by Crippen LogP contribution is 2.61. The summed E-state index contributed by atoms with van der Waals surface area (Å²) >= 11 is 0. The third kappa shape index (κ3) is 8.32. The van der Waals surface area contributed by atoms with Gasteiger partial charge in [0.2, 0.25) is 0 Å². The molecular weight excluding hydrogens is 393 g/mol. The first-order valence-electron chi connectivity index (χ1n) is 6.27. The van der Waals surface area contributed by atoms with Gasteiger partial charge in [-0.2, -0.15) is 0 Å². The Hall–Kier alpha value is -0.110. The van der Waals surface area contributed by atoms with Crippen LogP contribution >= 0.6 is 23.5 Å². The largest absolute Gasteiger partial charge is 0.756 e. The molecule has 1 N–H and O–H groups in total. The Kier molecular flexibility index (Phi) is 7.78. The van der Waals surface area contributed by atoms with Crippen LogP contribution in [0.5, 0.6) is 0 Å². The summed E-state index contributed by atoms with van der Waals surface area (Å²) in [5.41, 5.74) is 0. The zero-order valence-corrected chi connectivity index (χ0v) is 14.9. The van der Waals surface area contributed by atoms with Gasteiger partial charge in [0.05, 0.1) is 18.8 Å². The van der Waals surface area contributed by atoms with Crippen LogP contribution in [0.1, 0.15) is 13.3 Å². The SMILES string of the molecule is C#CCOC1CC(C)OC1COP(=O)([O-])OP(=O)([O-])OP(=O)([O-])O. The molecule has 0 bridgehead atoms. The van der Waals surface area contributed by atoms with E-state index in [-0.39, 0.29) is 12.7 Å². The maximum Gasteiger partial charge on any atom is 0.280 e. The van der Waals surface area contributed by atoms with Crippen molar-refractivity contribution in [3.63, 3.8) is 0 Å². The normalized spacial score (nSPS) is 31.6. The first kappa shape index (κ1) is 21.9. The van der Waals surface area contributed by atoms with E-state index in [1.54, 1.807) is 6.92 Å². The Labute approximate surface area is 137 Å². The van der Waals surface area contributed by atoms with Gasteiger partial charge in [-0.1, -0.05) is 5.92 Å². The molecule has 0 amide bonds. The highest BCUT2D eigenvalue weighted by atomic mass is 31.3. The zero-order valence-electron chi connectivity index (χ0n) is 12.2. The fourth-order valence-corrected chi connectivity index (χ4v) is 4.75. The third-order valence-electron chi connectivity index (χ3n) is 2.57. The van der Waals surface area contributed by atoms with E-state index < -0.39 is 42.3 Å². The van der Waals surface area contributed by atoms with Crippen LogP contribution in [0.2, 0.25) is 0 Å². The van der Waals surface area contributed by atoms with Gasteiger partial charge in [0.15, 0.2) is 0 Å². The predicted molar refractivity (Wildman–Crippen MR) is 70.7 cm³/mol. The van der Waals surface area contributed by atoms with Gasteiger partial charge in [-0.3, -0.25) is 13.7 Å². The molecular formula is C9H14O12P3-3. The van der Waals surface area contributed by atoms with Gasteiger partial charge in [-0.05, 0) is 6.92 Å². The van der Waals surface area contributed by atoms with E-state index in [1.165, 1.54) is 0 Å². The van der Waals surface area contributed by atoms with Crippen LogP contribution in [-0.4, -0.2) is 36.4 Å². The van der Waals surface area contributed by atoms with E-state index in [9.17, 15) is 28.4 Å². The monoisotopic (exact) mass is 407 g/mol. The fraction of sp³-hybridized carbons (Fsp3) is 0.778. The first-order chi connectivity index (χ1) is 10.8. The lowest BCUT2D eigenvalue weighted by molar-refractivity contribution is -0.250. The van der Waals surface area contributed by atoms with Gasteiger partial charge in [0.25, 0.3) is 23.5 Å². The Morgan fingerprint density at radius 2 is 1.88 bits per heavy atom. The summed E-state index contributed by atoms with van der Waals surface area (Å²) in [4.78, 5) is 41.0. The lowest BCUT2D eigenvalue weighted by atomic mass is 10.1. The Balaban J connectivity index is 2.61. The molecule has 24 heavy (non-hydrogen) atoms. The number of hydrogen-bond donors (Lipinski definition) is 1. The molecule has 1 saturated heterocycles. The number of ether oxygens (including phenoxy) is 2. The number of hydrogen-bond acceptors (Lipinski definition) is 11. The first-order valence-corrected chi connectivity index (χ1v) is 10.7. The molecule has 140 valence electrons. The molecule has 1 aliphatic rings. The van der Waals surface area contributed by atoms with Crippen molar-refractivity contribution in [2.45, 2.75) is 31.7 Å². The van der Waals surface area contributed by atoms with Crippen LogP contribution in [0.15, 0.2) is 0 Å². The van der Waals surface area contributed by atoms with Gasteiger partial charge in [0.1, 0.15) is 12.7 Å². The van der Waals surface area contributed by atoms with Gasteiger partial charge < -0.3 is 33.6 Å². The maximum absolute atomic E-state index is 11.4. The Morgan fingerprint density at radius 3 is 2.42 bits per heavy atom. The van der Waals surface area contributed by atoms with Crippen LogP contribution in [-0.2, 0) is 36.3 Å². The minimum Gasteiger partial charge on any atom is -0.756 e. The Morgan fingerprint density at radius 1 is 1.25 bits per heavy atom. The van der Waals surface area contributed by atoms with Crippen molar-refractivity contribution in [1.29, 1.82) is 0 Å². The van der Waals surface area contributed by atoms with Crippen molar-refractivity contribution in [2.24, 2.45) is 0 Å². The second-order valence-electron chi connectivity index (χ2n) is 4.60. The molecule has 0 aliphatic carbocycles. The molecule has 1 rings (SSSR count). The maximum atomic E-state index is 11.4. The topological polar surface area (TPSA) is 187 Å². The zero-order chi connectivity index (χ0) is 18.6. The highest BCUT2D eigenvalue weighted by Gasteiger charge is 2.35. The van der Waals surface area contributed by atoms with Crippen molar-refractivity contribution >= 4 is 23.5 Å². The molecule has 0 radical (unpaired) electrons. The minimum absolute atomic E-state index is 0.0539. The molecule has 0 saturated carbocycles. The van der Waals surface area contributed by atoms with Crippen LogP contribution in [0.25, 0.3) is 0 Å². The van der Waals surface area contributed by atoms with E-state index in [0.29, 0.717) is 6.42 Å². The lowest BCUT2D eigenvalue weighted by Gasteiger charge is -2.33. The average molecular weight is 407 g/mol. The molecule has 15 heteroatoms. The summed E-state index contributed by atoms with van der Waals surface area (Å²) in [6.07, 6.45) is 3.67. The van der Waals surface area contributed by atoms with Crippen molar-refractivity contribution in [3.8, 4) is 12.3 Å². The highest BCUT2D eigenvalue weighted by molar-refractivity contribution is 7.65. The molecule has 0 aromatic rings. The summed E-state index contributed by atoms with van der Waals surface area (Å²) in [5, 5.41) is 0. The standard InChI is InChI=1S/C9H17O12P3/c1-3-4-17-8-5-7(2)19-9(8)6-18-23(13,14)21-24(15,16)20-22(10,11)12/h1,7-9H,4-6H2,2H3,(H,13,14)(H,15,16)(H2,10,11,12)/p-3. The van der Waals surface area contributed by atoms with Crippen molar-refractivity contribution in [3.05, 3.63) is 0 Å². The van der Waals surface area contributed by atoms with E-state index in [2.05, 4.69) is 19.1 Å². The molecule has 0 aromatic heterocycles. The Bertz CT molecular complexity index is 607. The molecule has 12 nitrogen and oxygen atoms in total. The molecule has 0 spiro atoms. The molecule has 6 unspecified atom stereocenters. The summed E-state index contributed by atoms with van der Waals surface area (Å²) in [6.45, 7) is 0.961. The van der Waals surface area contributed by atoms with E-state index in [0.717, 1.165) is 0 Å². The van der Waals surface area contributed by atoms with Gasteiger partial charge in [-0.15, -0.1) is 6.42 Å². The summed E-state index contributed by atoms with van der Waals surface area (Å²) in [7, 11) is -17.2. The summed E-state index contributed by atoms with van der Waals surface area (Å²) in [6, 6.07) is 0. The summed E-state index contributed by atoms with van der Waals surface area (Å²) < 4.78 is 54.3. The van der Waals surface area contributed by atoms with Gasteiger partial charge in [0, 0.05) is 6.42 Å². The number of phosphoric acid groups is 3. The number of phosphoric ester groups is 1. The predicted octanol–water partition coefficient (Wildman–Crippen LogP) is -1.37. The van der Waals surface area contributed by atoms with E-state index >= 15 is 0 Å². The summed E-state index contributed by atoms with van der Waals surface area (Å²) in [5.74, 6) is 2.22. The van der Waals surface area contributed by atoms with Gasteiger partial charge >= 0.3 is 0 Å². The third-order valence-corrected chi connectivity index (χ3v) is 6.26. The van der Waals surface area contributed by atoms with Crippen molar-refractivity contribution in [1.82, 2.24) is 0 Å². The number of terminal acetylenes is 1. The second-order valence-corrected chi connectivity index (χ2v) is 8.89. The van der Waals surface area contributed by atoms with Crippen LogP contribution in [0.4, 0.5) is 0 Å². The van der Waals surface area contributed by atoms with Crippen molar-refractivity contribution in [2.75, 3.05) is 13.2 Å². The molecule has 1 heterocycles.